The van der Waals surface area contributed by atoms with Gasteiger partial charge in [0, 0.05) is 12.6 Å². The van der Waals surface area contributed by atoms with Gasteiger partial charge in [-0.2, -0.15) is 0 Å². The van der Waals surface area contributed by atoms with Crippen molar-refractivity contribution in [2.45, 2.75) is 58.4 Å². The SMILES string of the molecule is CCCNC(COCC)C1CCCCC1. The molecule has 2 nitrogen and oxygen atoms in total. The van der Waals surface area contributed by atoms with Gasteiger partial charge in [0.1, 0.15) is 0 Å². The number of rotatable bonds is 7. The molecule has 0 heterocycles. The maximum Gasteiger partial charge on any atom is 0.0622 e. The molecule has 1 N–H and O–H groups in total. The van der Waals surface area contributed by atoms with Crippen LogP contribution in [-0.4, -0.2) is 25.8 Å². The third kappa shape index (κ3) is 4.98. The zero-order valence-corrected chi connectivity index (χ0v) is 10.4. The van der Waals surface area contributed by atoms with Gasteiger partial charge in [-0.1, -0.05) is 26.2 Å². The molecular weight excluding hydrogens is 186 g/mol. The summed E-state index contributed by atoms with van der Waals surface area (Å²) in [5, 5.41) is 3.65. The Hall–Kier alpha value is -0.0800. The summed E-state index contributed by atoms with van der Waals surface area (Å²) in [7, 11) is 0. The van der Waals surface area contributed by atoms with Gasteiger partial charge in [0.05, 0.1) is 6.61 Å². The Bertz CT molecular complexity index is 135. The van der Waals surface area contributed by atoms with Crippen molar-refractivity contribution >= 4 is 0 Å². The predicted octanol–water partition coefficient (Wildman–Crippen LogP) is 2.97. The van der Waals surface area contributed by atoms with Gasteiger partial charge >= 0.3 is 0 Å². The van der Waals surface area contributed by atoms with E-state index < -0.39 is 0 Å². The highest BCUT2D eigenvalue weighted by molar-refractivity contribution is 4.79. The Kier molecular flexibility index (Phi) is 7.03. The van der Waals surface area contributed by atoms with Crippen molar-refractivity contribution in [1.29, 1.82) is 0 Å². The molecule has 90 valence electrons. The van der Waals surface area contributed by atoms with Crippen LogP contribution in [0.2, 0.25) is 0 Å². The van der Waals surface area contributed by atoms with Gasteiger partial charge < -0.3 is 10.1 Å². The lowest BCUT2D eigenvalue weighted by atomic mass is 9.84. The highest BCUT2D eigenvalue weighted by atomic mass is 16.5. The molecule has 1 unspecified atom stereocenters. The second kappa shape index (κ2) is 8.12. The van der Waals surface area contributed by atoms with E-state index in [1.54, 1.807) is 0 Å². The zero-order valence-electron chi connectivity index (χ0n) is 10.4. The van der Waals surface area contributed by atoms with Crippen LogP contribution in [0.5, 0.6) is 0 Å². The average Bonchev–Trinajstić information content (AvgIpc) is 2.30. The minimum absolute atomic E-state index is 0.602. The lowest BCUT2D eigenvalue weighted by Crippen LogP contribution is -2.41. The Balaban J connectivity index is 2.30. The van der Waals surface area contributed by atoms with E-state index in [1.165, 1.54) is 38.5 Å². The maximum absolute atomic E-state index is 5.58. The van der Waals surface area contributed by atoms with Gasteiger partial charge in [0.15, 0.2) is 0 Å². The molecule has 0 aromatic heterocycles. The lowest BCUT2D eigenvalue weighted by Gasteiger charge is -2.30. The van der Waals surface area contributed by atoms with Crippen LogP contribution in [0.15, 0.2) is 0 Å². The normalized spacial score (nSPS) is 20.4. The Labute approximate surface area is 94.8 Å². The molecule has 0 bridgehead atoms. The zero-order chi connectivity index (χ0) is 10.9. The van der Waals surface area contributed by atoms with Crippen molar-refractivity contribution in [2.75, 3.05) is 19.8 Å². The minimum atomic E-state index is 0.602. The van der Waals surface area contributed by atoms with Crippen LogP contribution < -0.4 is 5.32 Å². The van der Waals surface area contributed by atoms with Crippen molar-refractivity contribution in [3.05, 3.63) is 0 Å². The summed E-state index contributed by atoms with van der Waals surface area (Å²) in [6.45, 7) is 7.19. The van der Waals surface area contributed by atoms with E-state index in [2.05, 4.69) is 19.2 Å². The largest absolute Gasteiger partial charge is 0.380 e. The summed E-state index contributed by atoms with van der Waals surface area (Å²) >= 11 is 0. The third-order valence-electron chi connectivity index (χ3n) is 3.38. The molecule has 0 aromatic carbocycles. The van der Waals surface area contributed by atoms with E-state index in [0.29, 0.717) is 6.04 Å². The molecule has 0 aliphatic heterocycles. The molecule has 0 amide bonds. The van der Waals surface area contributed by atoms with E-state index in [9.17, 15) is 0 Å². The molecule has 2 heteroatoms. The van der Waals surface area contributed by atoms with Crippen molar-refractivity contribution in [1.82, 2.24) is 5.32 Å². The molecule has 1 rings (SSSR count). The molecule has 0 saturated heterocycles. The second-order valence-corrected chi connectivity index (χ2v) is 4.62. The summed E-state index contributed by atoms with van der Waals surface area (Å²) in [5.41, 5.74) is 0. The van der Waals surface area contributed by atoms with Crippen LogP contribution in [0, 0.1) is 5.92 Å². The quantitative estimate of drug-likeness (QED) is 0.702. The highest BCUT2D eigenvalue weighted by Crippen LogP contribution is 2.26. The Morgan fingerprint density at radius 3 is 2.53 bits per heavy atom. The Morgan fingerprint density at radius 2 is 1.93 bits per heavy atom. The lowest BCUT2D eigenvalue weighted by molar-refractivity contribution is 0.0931. The molecular formula is C13H27NO. The van der Waals surface area contributed by atoms with Crippen molar-refractivity contribution < 1.29 is 4.74 Å². The summed E-state index contributed by atoms with van der Waals surface area (Å²) in [6, 6.07) is 0.602. The number of hydrogen-bond donors (Lipinski definition) is 1. The predicted molar refractivity (Wildman–Crippen MR) is 65.1 cm³/mol. The average molecular weight is 213 g/mol. The first-order chi connectivity index (χ1) is 7.38. The summed E-state index contributed by atoms with van der Waals surface area (Å²) < 4.78 is 5.58. The van der Waals surface area contributed by atoms with Crippen LogP contribution in [0.1, 0.15) is 52.4 Å². The van der Waals surface area contributed by atoms with Crippen LogP contribution in [-0.2, 0) is 4.74 Å². The van der Waals surface area contributed by atoms with Gasteiger partial charge in [-0.25, -0.2) is 0 Å². The van der Waals surface area contributed by atoms with Gasteiger partial charge in [0.2, 0.25) is 0 Å². The number of nitrogens with one attached hydrogen (secondary N) is 1. The summed E-state index contributed by atoms with van der Waals surface area (Å²) in [4.78, 5) is 0. The molecule has 1 aliphatic carbocycles. The third-order valence-corrected chi connectivity index (χ3v) is 3.38. The Morgan fingerprint density at radius 1 is 1.20 bits per heavy atom. The van der Waals surface area contributed by atoms with E-state index in [-0.39, 0.29) is 0 Å². The minimum Gasteiger partial charge on any atom is -0.380 e. The van der Waals surface area contributed by atoms with Gasteiger partial charge in [-0.05, 0) is 38.6 Å². The number of hydrogen-bond acceptors (Lipinski definition) is 2. The summed E-state index contributed by atoms with van der Waals surface area (Å²) in [6.07, 6.45) is 8.28. The van der Waals surface area contributed by atoms with Crippen molar-refractivity contribution in [3.63, 3.8) is 0 Å². The molecule has 1 saturated carbocycles. The first-order valence-electron chi connectivity index (χ1n) is 6.69. The maximum atomic E-state index is 5.58. The van der Waals surface area contributed by atoms with E-state index in [0.717, 1.165) is 25.7 Å². The molecule has 0 radical (unpaired) electrons. The fourth-order valence-corrected chi connectivity index (χ4v) is 2.47. The first kappa shape index (κ1) is 13.0. The smallest absolute Gasteiger partial charge is 0.0622 e. The molecule has 1 atom stereocenters. The van der Waals surface area contributed by atoms with Crippen LogP contribution in [0.25, 0.3) is 0 Å². The van der Waals surface area contributed by atoms with Gasteiger partial charge in [0.25, 0.3) is 0 Å². The molecule has 0 spiro atoms. The van der Waals surface area contributed by atoms with E-state index >= 15 is 0 Å². The number of ether oxygens (including phenoxy) is 1. The van der Waals surface area contributed by atoms with Crippen LogP contribution in [0.3, 0.4) is 0 Å². The fourth-order valence-electron chi connectivity index (χ4n) is 2.47. The first-order valence-corrected chi connectivity index (χ1v) is 6.69. The van der Waals surface area contributed by atoms with Crippen molar-refractivity contribution in [2.24, 2.45) is 5.92 Å². The molecule has 0 aromatic rings. The second-order valence-electron chi connectivity index (χ2n) is 4.62. The molecule has 15 heavy (non-hydrogen) atoms. The summed E-state index contributed by atoms with van der Waals surface area (Å²) in [5.74, 6) is 0.858. The topological polar surface area (TPSA) is 21.3 Å². The van der Waals surface area contributed by atoms with E-state index in [4.69, 9.17) is 4.74 Å². The van der Waals surface area contributed by atoms with Gasteiger partial charge in [-0.3, -0.25) is 0 Å². The van der Waals surface area contributed by atoms with Crippen molar-refractivity contribution in [3.8, 4) is 0 Å². The van der Waals surface area contributed by atoms with Crippen LogP contribution in [0.4, 0.5) is 0 Å². The fraction of sp³-hybridized carbons (Fsp3) is 1.00. The standard InChI is InChI=1S/C13H27NO/c1-3-10-14-13(11-15-4-2)12-8-6-5-7-9-12/h12-14H,3-11H2,1-2H3. The van der Waals surface area contributed by atoms with E-state index in [1.807, 2.05) is 0 Å². The molecule has 1 aliphatic rings. The monoisotopic (exact) mass is 213 g/mol. The molecule has 1 fully saturated rings. The van der Waals surface area contributed by atoms with Crippen LogP contribution >= 0.6 is 0 Å². The highest BCUT2D eigenvalue weighted by Gasteiger charge is 2.22. The van der Waals surface area contributed by atoms with Gasteiger partial charge in [-0.15, -0.1) is 0 Å².